The van der Waals surface area contributed by atoms with Gasteiger partial charge in [0.25, 0.3) is 6.43 Å². The summed E-state index contributed by atoms with van der Waals surface area (Å²) < 4.78 is 35.7. The minimum Gasteiger partial charge on any atom is -0.496 e. The summed E-state index contributed by atoms with van der Waals surface area (Å²) >= 11 is 0. The summed E-state index contributed by atoms with van der Waals surface area (Å²) in [5, 5.41) is 0. The lowest BCUT2D eigenvalue weighted by molar-refractivity contribution is -0.142. The van der Waals surface area contributed by atoms with Crippen LogP contribution in [-0.2, 0) is 22.5 Å². The van der Waals surface area contributed by atoms with Crippen LogP contribution in [0.4, 0.5) is 8.78 Å². The SMILES string of the molecule is CCOC(=O)Cc1c(OC)cc(CN)nc1C(F)F. The van der Waals surface area contributed by atoms with Crippen LogP contribution in [0.15, 0.2) is 6.07 Å². The molecule has 1 aromatic rings. The molecule has 2 N–H and O–H groups in total. The van der Waals surface area contributed by atoms with Gasteiger partial charge in [-0.05, 0) is 6.92 Å². The van der Waals surface area contributed by atoms with E-state index in [1.807, 2.05) is 0 Å². The van der Waals surface area contributed by atoms with Gasteiger partial charge >= 0.3 is 5.97 Å². The Bertz CT molecular complexity index is 453. The van der Waals surface area contributed by atoms with Gasteiger partial charge in [0.15, 0.2) is 0 Å². The maximum atomic E-state index is 13.0. The number of esters is 1. The molecule has 19 heavy (non-hydrogen) atoms. The molecule has 0 unspecified atom stereocenters. The monoisotopic (exact) mass is 274 g/mol. The summed E-state index contributed by atoms with van der Waals surface area (Å²) in [6.07, 6.45) is -3.13. The van der Waals surface area contributed by atoms with Crippen LogP contribution < -0.4 is 10.5 Å². The molecule has 7 heteroatoms. The quantitative estimate of drug-likeness (QED) is 0.797. The second-order valence-corrected chi connectivity index (χ2v) is 3.67. The molecule has 0 spiro atoms. The van der Waals surface area contributed by atoms with Crippen molar-refractivity contribution in [3.8, 4) is 5.75 Å². The van der Waals surface area contributed by atoms with Gasteiger partial charge in [0.1, 0.15) is 11.4 Å². The van der Waals surface area contributed by atoms with E-state index in [1.165, 1.54) is 13.2 Å². The largest absolute Gasteiger partial charge is 0.496 e. The van der Waals surface area contributed by atoms with Crippen molar-refractivity contribution in [3.63, 3.8) is 0 Å². The van der Waals surface area contributed by atoms with Gasteiger partial charge in [0.2, 0.25) is 0 Å². The summed E-state index contributed by atoms with van der Waals surface area (Å²) in [7, 11) is 1.33. The van der Waals surface area contributed by atoms with Crippen LogP contribution in [-0.4, -0.2) is 24.7 Å². The highest BCUT2D eigenvalue weighted by Crippen LogP contribution is 2.29. The van der Waals surface area contributed by atoms with Crippen LogP contribution in [0.2, 0.25) is 0 Å². The number of methoxy groups -OCH3 is 1. The standard InChI is InChI=1S/C12H16F2N2O3/c1-3-19-10(17)5-8-9(18-2)4-7(6-15)16-11(8)12(13)14/h4,12H,3,5-6,15H2,1-2H3. The number of hydrogen-bond donors (Lipinski definition) is 1. The lowest BCUT2D eigenvalue weighted by Crippen LogP contribution is -2.13. The third-order valence-electron chi connectivity index (χ3n) is 2.43. The number of carbonyl (C=O) groups excluding carboxylic acids is 1. The van der Waals surface area contributed by atoms with E-state index in [0.717, 1.165) is 0 Å². The van der Waals surface area contributed by atoms with Crippen molar-refractivity contribution >= 4 is 5.97 Å². The number of aromatic nitrogens is 1. The average molecular weight is 274 g/mol. The third-order valence-corrected chi connectivity index (χ3v) is 2.43. The fourth-order valence-electron chi connectivity index (χ4n) is 1.62. The number of nitrogens with two attached hydrogens (primary N) is 1. The Labute approximate surface area is 109 Å². The predicted molar refractivity (Wildman–Crippen MR) is 64.0 cm³/mol. The van der Waals surface area contributed by atoms with Crippen LogP contribution >= 0.6 is 0 Å². The van der Waals surface area contributed by atoms with Crippen molar-refractivity contribution in [1.82, 2.24) is 4.98 Å². The van der Waals surface area contributed by atoms with Gasteiger partial charge in [-0.1, -0.05) is 0 Å². The number of pyridine rings is 1. The summed E-state index contributed by atoms with van der Waals surface area (Å²) in [5.41, 5.74) is 5.21. The lowest BCUT2D eigenvalue weighted by Gasteiger charge is -2.14. The highest BCUT2D eigenvalue weighted by molar-refractivity contribution is 5.74. The Morgan fingerprint density at radius 1 is 1.53 bits per heavy atom. The molecule has 1 rings (SSSR count). The van der Waals surface area contributed by atoms with Crippen LogP contribution in [0.3, 0.4) is 0 Å². The number of ether oxygens (including phenoxy) is 2. The molecular weight excluding hydrogens is 258 g/mol. The Hall–Kier alpha value is -1.76. The Kier molecular flexibility index (Phi) is 5.62. The van der Waals surface area contributed by atoms with Crippen LogP contribution in [0, 0.1) is 0 Å². The molecule has 0 aromatic carbocycles. The first-order chi connectivity index (χ1) is 9.03. The highest BCUT2D eigenvalue weighted by atomic mass is 19.3. The summed E-state index contributed by atoms with van der Waals surface area (Å²) in [6.45, 7) is 1.83. The molecule has 0 aliphatic heterocycles. The first kappa shape index (κ1) is 15.3. The molecule has 0 bridgehead atoms. The second-order valence-electron chi connectivity index (χ2n) is 3.67. The van der Waals surface area contributed by atoms with Crippen molar-refractivity contribution in [2.75, 3.05) is 13.7 Å². The van der Waals surface area contributed by atoms with Gasteiger partial charge < -0.3 is 15.2 Å². The minimum absolute atomic E-state index is 0.00969. The van der Waals surface area contributed by atoms with Crippen LogP contribution in [0.25, 0.3) is 0 Å². The minimum atomic E-state index is -2.81. The lowest BCUT2D eigenvalue weighted by atomic mass is 10.1. The molecule has 0 aliphatic carbocycles. The second kappa shape index (κ2) is 6.98. The van der Waals surface area contributed by atoms with E-state index in [9.17, 15) is 13.6 Å². The van der Waals surface area contributed by atoms with E-state index >= 15 is 0 Å². The summed E-state index contributed by atoms with van der Waals surface area (Å²) in [6, 6.07) is 1.44. The van der Waals surface area contributed by atoms with Gasteiger partial charge in [-0.25, -0.2) is 13.8 Å². The molecule has 0 radical (unpaired) electrons. The van der Waals surface area contributed by atoms with Crippen molar-refractivity contribution < 1.29 is 23.0 Å². The van der Waals surface area contributed by atoms with Gasteiger partial charge in [-0.2, -0.15) is 0 Å². The first-order valence-corrected chi connectivity index (χ1v) is 5.73. The number of halogens is 2. The molecule has 106 valence electrons. The first-order valence-electron chi connectivity index (χ1n) is 5.73. The van der Waals surface area contributed by atoms with Gasteiger partial charge in [0, 0.05) is 18.2 Å². The molecule has 0 atom stereocenters. The Morgan fingerprint density at radius 2 is 2.21 bits per heavy atom. The van der Waals surface area contributed by atoms with Crippen LogP contribution in [0.5, 0.6) is 5.75 Å². The Morgan fingerprint density at radius 3 is 2.68 bits per heavy atom. The number of hydrogen-bond acceptors (Lipinski definition) is 5. The Balaban J connectivity index is 3.21. The van der Waals surface area contributed by atoms with E-state index in [4.69, 9.17) is 15.2 Å². The third kappa shape index (κ3) is 3.85. The van der Waals surface area contributed by atoms with Crippen molar-refractivity contribution in [3.05, 3.63) is 23.0 Å². The van der Waals surface area contributed by atoms with E-state index in [1.54, 1.807) is 6.92 Å². The molecule has 0 amide bonds. The van der Waals surface area contributed by atoms with E-state index in [2.05, 4.69) is 4.98 Å². The number of rotatable bonds is 6. The molecule has 1 aromatic heterocycles. The molecule has 0 saturated carbocycles. The molecule has 0 saturated heterocycles. The normalized spacial score (nSPS) is 10.6. The summed E-state index contributed by atoms with van der Waals surface area (Å²) in [4.78, 5) is 15.2. The van der Waals surface area contributed by atoms with E-state index in [-0.39, 0.29) is 36.6 Å². The zero-order valence-electron chi connectivity index (χ0n) is 10.8. The fourth-order valence-corrected chi connectivity index (χ4v) is 1.62. The highest BCUT2D eigenvalue weighted by Gasteiger charge is 2.22. The van der Waals surface area contributed by atoms with Gasteiger partial charge in [-0.3, -0.25) is 4.79 Å². The van der Waals surface area contributed by atoms with Crippen molar-refractivity contribution in [2.24, 2.45) is 5.73 Å². The molecule has 0 fully saturated rings. The van der Waals surface area contributed by atoms with E-state index in [0.29, 0.717) is 0 Å². The number of alkyl halides is 2. The van der Waals surface area contributed by atoms with Gasteiger partial charge in [-0.15, -0.1) is 0 Å². The molecule has 1 heterocycles. The summed E-state index contributed by atoms with van der Waals surface area (Å²) in [5.74, 6) is -0.441. The molecule has 0 aliphatic rings. The smallest absolute Gasteiger partial charge is 0.310 e. The predicted octanol–water partition coefficient (Wildman–Crippen LogP) is 1.59. The van der Waals surface area contributed by atoms with E-state index < -0.39 is 18.1 Å². The maximum Gasteiger partial charge on any atom is 0.310 e. The topological polar surface area (TPSA) is 74.4 Å². The van der Waals surface area contributed by atoms with Crippen molar-refractivity contribution in [1.29, 1.82) is 0 Å². The number of carbonyl (C=O) groups is 1. The van der Waals surface area contributed by atoms with Crippen molar-refractivity contribution in [2.45, 2.75) is 26.3 Å². The molecular formula is C12H16F2N2O3. The zero-order valence-corrected chi connectivity index (χ0v) is 10.8. The average Bonchev–Trinajstić information content (AvgIpc) is 2.38. The molecule has 5 nitrogen and oxygen atoms in total. The van der Waals surface area contributed by atoms with Gasteiger partial charge in [0.05, 0.1) is 25.8 Å². The van der Waals surface area contributed by atoms with Crippen LogP contribution in [0.1, 0.15) is 30.3 Å². The number of nitrogens with zero attached hydrogens (tertiary/aromatic N) is 1. The fraction of sp³-hybridized carbons (Fsp3) is 0.500. The maximum absolute atomic E-state index is 13.0. The zero-order chi connectivity index (χ0) is 14.4.